The highest BCUT2D eigenvalue weighted by atomic mass is 16.5. The lowest BCUT2D eigenvalue weighted by molar-refractivity contribution is -0.0856. The summed E-state index contributed by atoms with van der Waals surface area (Å²) in [5.74, 6) is 0.0392. The largest absolute Gasteiger partial charge is 0.373 e. The maximum absolute atomic E-state index is 12.4. The molecule has 0 aliphatic heterocycles. The van der Waals surface area contributed by atoms with Gasteiger partial charge in [0.1, 0.15) is 0 Å². The van der Waals surface area contributed by atoms with Crippen LogP contribution in [-0.2, 0) is 4.74 Å². The minimum absolute atomic E-state index is 0.0392. The van der Waals surface area contributed by atoms with E-state index in [2.05, 4.69) is 33.0 Å². The van der Waals surface area contributed by atoms with Crippen LogP contribution in [-0.4, -0.2) is 24.2 Å². The van der Waals surface area contributed by atoms with Crippen molar-refractivity contribution in [3.8, 4) is 0 Å². The lowest BCUT2D eigenvalue weighted by Gasteiger charge is -2.39. The summed E-state index contributed by atoms with van der Waals surface area (Å²) >= 11 is 0. The summed E-state index contributed by atoms with van der Waals surface area (Å²) in [6.45, 7) is 11.3. The fraction of sp³-hybridized carbons (Fsp3) is 0.650. The van der Waals surface area contributed by atoms with Crippen LogP contribution >= 0.6 is 0 Å². The average molecular weight is 317 g/mol. The van der Waals surface area contributed by atoms with Gasteiger partial charge in [-0.1, -0.05) is 25.1 Å². The highest BCUT2D eigenvalue weighted by Gasteiger charge is 2.33. The first-order chi connectivity index (χ1) is 10.7. The molecular weight excluding hydrogens is 286 g/mol. The zero-order chi connectivity index (χ0) is 17.1. The van der Waals surface area contributed by atoms with Crippen molar-refractivity contribution < 1.29 is 9.53 Å². The third-order valence-electron chi connectivity index (χ3n) is 4.73. The minimum atomic E-state index is -0.0720. The van der Waals surface area contributed by atoms with Crippen LogP contribution in [0.2, 0.25) is 0 Å². The molecule has 0 heterocycles. The minimum Gasteiger partial charge on any atom is -0.373 e. The third-order valence-corrected chi connectivity index (χ3v) is 4.73. The van der Waals surface area contributed by atoms with Crippen LogP contribution in [0.3, 0.4) is 0 Å². The van der Waals surface area contributed by atoms with Gasteiger partial charge in [-0.25, -0.2) is 0 Å². The van der Waals surface area contributed by atoms with E-state index in [0.29, 0.717) is 6.10 Å². The molecule has 0 spiro atoms. The molecule has 2 rings (SSSR count). The number of carbonyl (C=O) groups excluding carboxylic acids is 1. The maximum Gasteiger partial charge on any atom is 0.251 e. The first kappa shape index (κ1) is 18.0. The molecule has 0 unspecified atom stereocenters. The summed E-state index contributed by atoms with van der Waals surface area (Å²) in [5.41, 5.74) is 1.91. The van der Waals surface area contributed by atoms with Gasteiger partial charge in [0.25, 0.3) is 5.91 Å². The van der Waals surface area contributed by atoms with Gasteiger partial charge in [-0.05, 0) is 70.4 Å². The fourth-order valence-corrected chi connectivity index (χ4v) is 3.30. The van der Waals surface area contributed by atoms with Crippen molar-refractivity contribution in [3.63, 3.8) is 0 Å². The van der Waals surface area contributed by atoms with Gasteiger partial charge in [-0.15, -0.1) is 0 Å². The highest BCUT2D eigenvalue weighted by molar-refractivity contribution is 5.95. The molecule has 3 heteroatoms. The van der Waals surface area contributed by atoms with Gasteiger partial charge in [-0.2, -0.15) is 0 Å². The van der Waals surface area contributed by atoms with E-state index in [-0.39, 0.29) is 16.9 Å². The number of nitrogens with one attached hydrogen (secondary N) is 1. The van der Waals surface area contributed by atoms with E-state index in [1.54, 1.807) is 0 Å². The first-order valence-corrected chi connectivity index (χ1v) is 8.70. The Morgan fingerprint density at radius 2 is 1.87 bits per heavy atom. The molecule has 3 nitrogen and oxygen atoms in total. The molecular formula is C20H31NO2. The number of amides is 1. The van der Waals surface area contributed by atoms with E-state index < -0.39 is 0 Å². The topological polar surface area (TPSA) is 38.3 Å². The first-order valence-electron chi connectivity index (χ1n) is 8.70. The molecule has 128 valence electrons. The molecule has 1 saturated carbocycles. The Kier molecular flexibility index (Phi) is 5.51. The lowest BCUT2D eigenvalue weighted by atomic mass is 9.74. The average Bonchev–Trinajstić information content (AvgIpc) is 2.47. The molecule has 1 aliphatic rings. The van der Waals surface area contributed by atoms with Crippen molar-refractivity contribution in [2.45, 2.75) is 72.0 Å². The van der Waals surface area contributed by atoms with Crippen LogP contribution in [0, 0.1) is 12.3 Å². The second-order valence-electron chi connectivity index (χ2n) is 8.24. The van der Waals surface area contributed by atoms with Crippen LogP contribution in [0.25, 0.3) is 0 Å². The number of ether oxygens (including phenoxy) is 1. The quantitative estimate of drug-likeness (QED) is 0.888. The second kappa shape index (κ2) is 7.04. The molecule has 23 heavy (non-hydrogen) atoms. The molecule has 0 atom stereocenters. The van der Waals surface area contributed by atoms with Gasteiger partial charge in [0.05, 0.1) is 11.7 Å². The van der Waals surface area contributed by atoms with E-state index in [1.807, 2.05) is 31.2 Å². The molecule has 0 saturated heterocycles. The number of hydrogen-bond acceptors (Lipinski definition) is 2. The highest BCUT2D eigenvalue weighted by Crippen LogP contribution is 2.37. The van der Waals surface area contributed by atoms with E-state index in [1.165, 1.54) is 0 Å². The zero-order valence-corrected chi connectivity index (χ0v) is 15.2. The molecule has 1 N–H and O–H groups in total. The molecule has 0 radical (unpaired) electrons. The van der Waals surface area contributed by atoms with E-state index >= 15 is 0 Å². The Labute approximate surface area is 140 Å². The van der Waals surface area contributed by atoms with Gasteiger partial charge < -0.3 is 10.1 Å². The summed E-state index contributed by atoms with van der Waals surface area (Å²) in [6.07, 6.45) is 4.71. The van der Waals surface area contributed by atoms with Gasteiger partial charge in [0.15, 0.2) is 0 Å². The Balaban J connectivity index is 1.84. The Morgan fingerprint density at radius 1 is 1.26 bits per heavy atom. The fourth-order valence-electron chi connectivity index (χ4n) is 3.30. The molecule has 1 aromatic carbocycles. The van der Waals surface area contributed by atoms with Crippen molar-refractivity contribution in [1.82, 2.24) is 5.32 Å². The van der Waals surface area contributed by atoms with Gasteiger partial charge in [0, 0.05) is 12.1 Å². The number of benzene rings is 1. The molecule has 1 fully saturated rings. The molecule has 0 bridgehead atoms. The second-order valence-corrected chi connectivity index (χ2v) is 8.24. The van der Waals surface area contributed by atoms with Gasteiger partial charge in [-0.3, -0.25) is 4.79 Å². The van der Waals surface area contributed by atoms with E-state index in [4.69, 9.17) is 4.74 Å². The van der Waals surface area contributed by atoms with Crippen molar-refractivity contribution in [1.29, 1.82) is 0 Å². The summed E-state index contributed by atoms with van der Waals surface area (Å²) in [5, 5.41) is 3.13. The zero-order valence-electron chi connectivity index (χ0n) is 15.2. The molecule has 1 aromatic rings. The lowest BCUT2D eigenvalue weighted by Crippen LogP contribution is -2.41. The third kappa shape index (κ3) is 5.35. The van der Waals surface area contributed by atoms with Crippen LogP contribution in [0.5, 0.6) is 0 Å². The van der Waals surface area contributed by atoms with Crippen molar-refractivity contribution >= 4 is 5.91 Å². The molecule has 1 amide bonds. The SMILES string of the molecule is Cc1ccccc1C(=O)NCC1(C)CCC(OC(C)(C)C)CC1. The van der Waals surface area contributed by atoms with E-state index in [0.717, 1.165) is 43.4 Å². The van der Waals surface area contributed by atoms with Crippen molar-refractivity contribution in [2.24, 2.45) is 5.41 Å². The number of carbonyl (C=O) groups is 1. The Bertz CT molecular complexity index is 537. The van der Waals surface area contributed by atoms with Gasteiger partial charge in [0.2, 0.25) is 0 Å². The van der Waals surface area contributed by atoms with Crippen LogP contribution < -0.4 is 5.32 Å². The Morgan fingerprint density at radius 3 is 2.43 bits per heavy atom. The standard InChI is InChI=1S/C20H31NO2/c1-15-8-6-7-9-17(15)18(22)21-14-20(5)12-10-16(11-13-20)23-19(2,3)4/h6-9,16H,10-14H2,1-5H3,(H,21,22). The summed E-state index contributed by atoms with van der Waals surface area (Å²) in [6, 6.07) is 7.75. The smallest absolute Gasteiger partial charge is 0.251 e. The summed E-state index contributed by atoms with van der Waals surface area (Å²) < 4.78 is 6.10. The Hall–Kier alpha value is -1.35. The maximum atomic E-state index is 12.4. The molecule has 0 aromatic heterocycles. The van der Waals surface area contributed by atoms with E-state index in [9.17, 15) is 4.79 Å². The number of rotatable bonds is 4. The van der Waals surface area contributed by atoms with Crippen molar-refractivity contribution in [2.75, 3.05) is 6.54 Å². The number of hydrogen-bond donors (Lipinski definition) is 1. The van der Waals surface area contributed by atoms with Crippen molar-refractivity contribution in [3.05, 3.63) is 35.4 Å². The summed E-state index contributed by atoms with van der Waals surface area (Å²) in [4.78, 5) is 12.4. The summed E-state index contributed by atoms with van der Waals surface area (Å²) in [7, 11) is 0. The van der Waals surface area contributed by atoms with Crippen LogP contribution in [0.4, 0.5) is 0 Å². The van der Waals surface area contributed by atoms with Crippen LogP contribution in [0.1, 0.15) is 69.3 Å². The normalized spacial score (nSPS) is 25.2. The monoisotopic (exact) mass is 317 g/mol. The van der Waals surface area contributed by atoms with Gasteiger partial charge >= 0.3 is 0 Å². The van der Waals surface area contributed by atoms with Crippen LogP contribution in [0.15, 0.2) is 24.3 Å². The predicted octanol–water partition coefficient (Wildman–Crippen LogP) is 4.49. The molecule has 1 aliphatic carbocycles. The number of aryl methyl sites for hydroxylation is 1. The predicted molar refractivity (Wildman–Crippen MR) is 94.7 cm³/mol.